The Balaban J connectivity index is 1.98. The SMILES string of the molecule is CCCn1cncc1CNc1ccc(C(=O)O)cc1. The average Bonchev–Trinajstić information content (AvgIpc) is 2.85. The molecular formula is C14H17N3O2. The molecule has 100 valence electrons. The zero-order valence-corrected chi connectivity index (χ0v) is 10.8. The third-order valence-corrected chi connectivity index (χ3v) is 2.87. The fourth-order valence-corrected chi connectivity index (χ4v) is 1.86. The van der Waals surface area contributed by atoms with E-state index in [0.717, 1.165) is 24.3 Å². The number of benzene rings is 1. The number of aromatic carboxylic acids is 1. The number of hydrogen-bond acceptors (Lipinski definition) is 3. The monoisotopic (exact) mass is 259 g/mol. The van der Waals surface area contributed by atoms with E-state index in [2.05, 4.69) is 21.8 Å². The Bertz CT molecular complexity index is 546. The number of carboxylic acid groups (broad SMARTS) is 1. The minimum absolute atomic E-state index is 0.293. The summed E-state index contributed by atoms with van der Waals surface area (Å²) in [5.74, 6) is -0.910. The molecule has 2 rings (SSSR count). The van der Waals surface area contributed by atoms with Crippen molar-refractivity contribution in [3.63, 3.8) is 0 Å². The zero-order valence-electron chi connectivity index (χ0n) is 10.8. The van der Waals surface area contributed by atoms with Gasteiger partial charge in [0.25, 0.3) is 0 Å². The maximum atomic E-state index is 10.7. The Labute approximate surface area is 111 Å². The van der Waals surface area contributed by atoms with Gasteiger partial charge in [-0.1, -0.05) is 6.92 Å². The van der Waals surface area contributed by atoms with Crippen molar-refractivity contribution in [1.82, 2.24) is 9.55 Å². The molecule has 0 aliphatic heterocycles. The Kier molecular flexibility index (Phi) is 4.18. The van der Waals surface area contributed by atoms with E-state index in [0.29, 0.717) is 12.1 Å². The Morgan fingerprint density at radius 2 is 2.11 bits per heavy atom. The topological polar surface area (TPSA) is 67.2 Å². The van der Waals surface area contributed by atoms with Crippen LogP contribution in [0.2, 0.25) is 0 Å². The lowest BCUT2D eigenvalue weighted by Crippen LogP contribution is -2.07. The van der Waals surface area contributed by atoms with Crippen molar-refractivity contribution in [2.24, 2.45) is 0 Å². The van der Waals surface area contributed by atoms with Crippen LogP contribution in [0.15, 0.2) is 36.8 Å². The predicted molar refractivity (Wildman–Crippen MR) is 73.2 cm³/mol. The van der Waals surface area contributed by atoms with E-state index in [1.165, 1.54) is 0 Å². The fraction of sp³-hybridized carbons (Fsp3) is 0.286. The second kappa shape index (κ2) is 6.04. The number of rotatable bonds is 6. The molecule has 1 heterocycles. The number of carboxylic acids is 1. The maximum absolute atomic E-state index is 10.7. The van der Waals surface area contributed by atoms with Crippen LogP contribution in [0, 0.1) is 0 Å². The first kappa shape index (κ1) is 13.1. The Morgan fingerprint density at radius 1 is 1.37 bits per heavy atom. The maximum Gasteiger partial charge on any atom is 0.335 e. The third-order valence-electron chi connectivity index (χ3n) is 2.87. The molecular weight excluding hydrogens is 242 g/mol. The van der Waals surface area contributed by atoms with Gasteiger partial charge < -0.3 is 15.0 Å². The van der Waals surface area contributed by atoms with E-state index in [1.807, 2.05) is 12.5 Å². The molecule has 0 amide bonds. The molecule has 0 unspecified atom stereocenters. The molecule has 0 fully saturated rings. The lowest BCUT2D eigenvalue weighted by molar-refractivity contribution is 0.0697. The van der Waals surface area contributed by atoms with E-state index in [9.17, 15) is 4.79 Å². The van der Waals surface area contributed by atoms with Gasteiger partial charge in [0.15, 0.2) is 0 Å². The molecule has 0 radical (unpaired) electrons. The van der Waals surface area contributed by atoms with Gasteiger partial charge in [-0.05, 0) is 30.7 Å². The Hall–Kier alpha value is -2.30. The first-order chi connectivity index (χ1) is 9.20. The van der Waals surface area contributed by atoms with E-state index in [-0.39, 0.29) is 0 Å². The van der Waals surface area contributed by atoms with Crippen molar-refractivity contribution in [1.29, 1.82) is 0 Å². The van der Waals surface area contributed by atoms with E-state index in [1.54, 1.807) is 24.3 Å². The summed E-state index contributed by atoms with van der Waals surface area (Å²) in [6.07, 6.45) is 4.74. The molecule has 5 heteroatoms. The molecule has 0 aliphatic rings. The normalized spacial score (nSPS) is 10.4. The van der Waals surface area contributed by atoms with Crippen LogP contribution in [0.4, 0.5) is 5.69 Å². The van der Waals surface area contributed by atoms with Gasteiger partial charge in [0.05, 0.1) is 24.1 Å². The van der Waals surface area contributed by atoms with Crippen LogP contribution in [-0.4, -0.2) is 20.6 Å². The summed E-state index contributed by atoms with van der Waals surface area (Å²) in [6, 6.07) is 6.72. The highest BCUT2D eigenvalue weighted by Crippen LogP contribution is 2.11. The lowest BCUT2D eigenvalue weighted by atomic mass is 10.2. The van der Waals surface area contributed by atoms with Gasteiger partial charge >= 0.3 is 5.97 Å². The molecule has 2 N–H and O–H groups in total. The highest BCUT2D eigenvalue weighted by molar-refractivity contribution is 5.87. The number of aromatic nitrogens is 2. The predicted octanol–water partition coefficient (Wildman–Crippen LogP) is 2.60. The number of anilines is 1. The van der Waals surface area contributed by atoms with Crippen LogP contribution < -0.4 is 5.32 Å². The van der Waals surface area contributed by atoms with Crippen LogP contribution >= 0.6 is 0 Å². The number of carbonyl (C=O) groups is 1. The second-order valence-corrected chi connectivity index (χ2v) is 4.31. The fourth-order valence-electron chi connectivity index (χ4n) is 1.86. The van der Waals surface area contributed by atoms with E-state index >= 15 is 0 Å². The highest BCUT2D eigenvalue weighted by atomic mass is 16.4. The summed E-state index contributed by atoms with van der Waals surface area (Å²) in [4.78, 5) is 14.9. The number of nitrogens with zero attached hydrogens (tertiary/aromatic N) is 2. The third kappa shape index (κ3) is 3.34. The minimum Gasteiger partial charge on any atom is -0.478 e. The van der Waals surface area contributed by atoms with Gasteiger partial charge in [-0.15, -0.1) is 0 Å². The van der Waals surface area contributed by atoms with Crippen molar-refractivity contribution in [2.75, 3.05) is 5.32 Å². The molecule has 0 atom stereocenters. The minimum atomic E-state index is -0.910. The summed E-state index contributed by atoms with van der Waals surface area (Å²) in [7, 11) is 0. The lowest BCUT2D eigenvalue weighted by Gasteiger charge is -2.09. The molecule has 1 aromatic heterocycles. The van der Waals surface area contributed by atoms with Crippen molar-refractivity contribution in [3.05, 3.63) is 48.0 Å². The highest BCUT2D eigenvalue weighted by Gasteiger charge is 2.03. The number of aryl methyl sites for hydroxylation is 1. The molecule has 0 bridgehead atoms. The van der Waals surface area contributed by atoms with Crippen molar-refractivity contribution in [2.45, 2.75) is 26.4 Å². The van der Waals surface area contributed by atoms with Crippen LogP contribution in [0.25, 0.3) is 0 Å². The largest absolute Gasteiger partial charge is 0.478 e. The summed E-state index contributed by atoms with van der Waals surface area (Å²) in [5, 5.41) is 12.1. The van der Waals surface area contributed by atoms with Crippen LogP contribution in [0.3, 0.4) is 0 Å². The quantitative estimate of drug-likeness (QED) is 0.836. The molecule has 0 aliphatic carbocycles. The van der Waals surface area contributed by atoms with Gasteiger partial charge in [0.1, 0.15) is 0 Å². The molecule has 0 spiro atoms. The molecule has 19 heavy (non-hydrogen) atoms. The number of nitrogens with one attached hydrogen (secondary N) is 1. The summed E-state index contributed by atoms with van der Waals surface area (Å²) in [5.41, 5.74) is 2.31. The van der Waals surface area contributed by atoms with Gasteiger partial charge in [0, 0.05) is 18.4 Å². The van der Waals surface area contributed by atoms with E-state index < -0.39 is 5.97 Å². The van der Waals surface area contributed by atoms with Gasteiger partial charge in [0.2, 0.25) is 0 Å². The summed E-state index contributed by atoms with van der Waals surface area (Å²) < 4.78 is 2.11. The molecule has 0 saturated carbocycles. The summed E-state index contributed by atoms with van der Waals surface area (Å²) >= 11 is 0. The Morgan fingerprint density at radius 3 is 2.74 bits per heavy atom. The second-order valence-electron chi connectivity index (χ2n) is 4.31. The average molecular weight is 259 g/mol. The van der Waals surface area contributed by atoms with Crippen molar-refractivity contribution < 1.29 is 9.90 Å². The smallest absolute Gasteiger partial charge is 0.335 e. The van der Waals surface area contributed by atoms with Crippen molar-refractivity contribution in [3.8, 4) is 0 Å². The standard InChI is InChI=1S/C14H17N3O2/c1-2-7-17-10-15-8-13(17)9-16-12-5-3-11(4-6-12)14(18)19/h3-6,8,10,16H,2,7,9H2,1H3,(H,18,19). The van der Waals surface area contributed by atoms with Gasteiger partial charge in [-0.25, -0.2) is 9.78 Å². The number of imidazole rings is 1. The molecule has 1 aromatic carbocycles. The molecule has 5 nitrogen and oxygen atoms in total. The van der Waals surface area contributed by atoms with Crippen molar-refractivity contribution >= 4 is 11.7 Å². The van der Waals surface area contributed by atoms with Crippen LogP contribution in [-0.2, 0) is 13.1 Å². The zero-order chi connectivity index (χ0) is 13.7. The summed E-state index contributed by atoms with van der Waals surface area (Å²) in [6.45, 7) is 3.75. The first-order valence-electron chi connectivity index (χ1n) is 6.27. The van der Waals surface area contributed by atoms with Crippen LogP contribution in [0.5, 0.6) is 0 Å². The number of hydrogen-bond donors (Lipinski definition) is 2. The molecule has 0 saturated heterocycles. The van der Waals surface area contributed by atoms with Gasteiger partial charge in [-0.2, -0.15) is 0 Å². The first-order valence-corrected chi connectivity index (χ1v) is 6.27. The molecule has 2 aromatic rings. The van der Waals surface area contributed by atoms with Gasteiger partial charge in [-0.3, -0.25) is 0 Å². The van der Waals surface area contributed by atoms with E-state index in [4.69, 9.17) is 5.11 Å². The van der Waals surface area contributed by atoms with Crippen LogP contribution in [0.1, 0.15) is 29.4 Å².